The molecule has 252 valence electrons. The van der Waals surface area contributed by atoms with Gasteiger partial charge in [0.15, 0.2) is 25.4 Å². The lowest BCUT2D eigenvalue weighted by molar-refractivity contribution is 0.0803. The van der Waals surface area contributed by atoms with Crippen molar-refractivity contribution < 1.29 is 36.9 Å². The number of fused-ring (bicyclic) bond motifs is 1. The lowest BCUT2D eigenvalue weighted by atomic mass is 10.1. The van der Waals surface area contributed by atoms with E-state index in [4.69, 9.17) is 5.11 Å². The number of carbonyl (C=O) groups is 1. The van der Waals surface area contributed by atoms with Crippen molar-refractivity contribution in [2.45, 2.75) is 9.79 Å². The van der Waals surface area contributed by atoms with E-state index in [-0.39, 0.29) is 44.8 Å². The molecule has 0 aromatic heterocycles. The van der Waals surface area contributed by atoms with Crippen LogP contribution in [0.15, 0.2) is 103 Å². The van der Waals surface area contributed by atoms with Crippen molar-refractivity contribution in [3.05, 3.63) is 78.2 Å². The summed E-state index contributed by atoms with van der Waals surface area (Å²) in [7, 11) is -4.10. The lowest BCUT2D eigenvalue weighted by Gasteiger charge is -2.16. The fraction of sp³-hybridized carbons (Fsp3) is 0.194. The molecule has 0 aliphatic carbocycles. The van der Waals surface area contributed by atoms with Crippen molar-refractivity contribution in [1.29, 1.82) is 0 Å². The second-order valence-corrected chi connectivity index (χ2v) is 15.0. The number of azo groups is 2. The summed E-state index contributed by atoms with van der Waals surface area (Å²) < 4.78 is 47.9. The number of hydrogen-bond donors (Lipinski definition) is 5. The molecule has 48 heavy (non-hydrogen) atoms. The second kappa shape index (κ2) is 14.9. The molecule has 0 radical (unpaired) electrons. The summed E-state index contributed by atoms with van der Waals surface area (Å²) in [5, 5.41) is 51.9. The highest BCUT2D eigenvalue weighted by Gasteiger charge is 2.19. The number of nitrogens with zero attached hydrogens (tertiary/aromatic N) is 5. The second-order valence-electron chi connectivity index (χ2n) is 10.3. The van der Waals surface area contributed by atoms with Crippen molar-refractivity contribution in [3.63, 3.8) is 0 Å². The molecule has 1 amide bonds. The maximum Gasteiger partial charge on any atom is 0.253 e. The summed E-state index contributed by atoms with van der Waals surface area (Å²) in [6.45, 7) is 2.68. The first kappa shape index (κ1) is 36.0. The van der Waals surface area contributed by atoms with Gasteiger partial charge in [0.25, 0.3) is 5.91 Å². The monoisotopic (exact) mass is 712 g/mol. The Morgan fingerprint density at radius 2 is 1.67 bits per heavy atom. The zero-order valence-electron chi connectivity index (χ0n) is 25.8. The van der Waals surface area contributed by atoms with Gasteiger partial charge < -0.3 is 25.5 Å². The number of carbonyl (C=O) groups excluding carboxylic acids is 1. The van der Waals surface area contributed by atoms with E-state index in [1.165, 1.54) is 30.1 Å². The lowest BCUT2D eigenvalue weighted by Crippen LogP contribution is -2.31. The number of nitrogens with one attached hydrogen (secondary N) is 1. The molecule has 4 aromatic rings. The van der Waals surface area contributed by atoms with Crippen LogP contribution in [0.1, 0.15) is 10.4 Å². The zero-order chi connectivity index (χ0) is 35.2. The van der Waals surface area contributed by atoms with Crippen LogP contribution in [0.3, 0.4) is 0 Å². The van der Waals surface area contributed by atoms with Gasteiger partial charge in [-0.3, -0.25) is 4.79 Å². The van der Waals surface area contributed by atoms with Gasteiger partial charge in [-0.1, -0.05) is 12.6 Å². The molecule has 4 aromatic carbocycles. The van der Waals surface area contributed by atoms with Crippen LogP contribution in [-0.4, -0.2) is 81.7 Å². The number of amides is 1. The minimum absolute atomic E-state index is 0.0270. The third kappa shape index (κ3) is 8.17. The average Bonchev–Trinajstić information content (AvgIpc) is 3.06. The van der Waals surface area contributed by atoms with E-state index in [1.807, 2.05) is 0 Å². The number of rotatable bonds is 13. The van der Waals surface area contributed by atoms with Gasteiger partial charge in [-0.05, 0) is 48.5 Å². The maximum absolute atomic E-state index is 12.9. The summed E-state index contributed by atoms with van der Waals surface area (Å²) in [4.78, 5) is 14.2. The Morgan fingerprint density at radius 1 is 0.938 bits per heavy atom. The van der Waals surface area contributed by atoms with Crippen LogP contribution in [0, 0.1) is 0 Å². The highest BCUT2D eigenvalue weighted by molar-refractivity contribution is 7.94. The van der Waals surface area contributed by atoms with Crippen LogP contribution in [-0.2, 0) is 19.7 Å². The molecule has 0 aliphatic rings. The third-order valence-corrected chi connectivity index (χ3v) is 10.4. The maximum atomic E-state index is 12.9. The van der Waals surface area contributed by atoms with Crippen molar-refractivity contribution in [2.24, 2.45) is 20.5 Å². The largest absolute Gasteiger partial charge is 0.506 e. The van der Waals surface area contributed by atoms with Crippen molar-refractivity contribution in [3.8, 4) is 11.5 Å². The Morgan fingerprint density at radius 3 is 2.33 bits per heavy atom. The van der Waals surface area contributed by atoms with Crippen LogP contribution >= 0.6 is 12.6 Å². The van der Waals surface area contributed by atoms with E-state index in [9.17, 15) is 31.8 Å². The van der Waals surface area contributed by atoms with Crippen molar-refractivity contribution in [1.82, 2.24) is 4.90 Å². The number of hydrogen-bond acceptors (Lipinski definition) is 14. The number of phenolic OH excluding ortho intramolecular Hbond substituents is 2. The fourth-order valence-electron chi connectivity index (χ4n) is 4.42. The van der Waals surface area contributed by atoms with E-state index < -0.39 is 43.7 Å². The molecule has 14 nitrogen and oxygen atoms in total. The molecule has 0 unspecified atom stereocenters. The average molecular weight is 713 g/mol. The first-order valence-corrected chi connectivity index (χ1v) is 17.9. The standard InChI is InChI=1S/C31H32N6O8S3/c1-4-47(42,43)14-12-37(3)31(41)19-6-5-7-20(16-19)33-35-28-23-18-27(46)29(30(40)22(23)9-11-25(28)32-2)36-34-24-10-8-21(17-26(24)39)48(44,45)15-13-38/h4-11,16-18,32,38-40,46H,1,12-15H2,2-3H3/b35-33+,36-34+. The summed E-state index contributed by atoms with van der Waals surface area (Å²) >= 11 is 4.48. The highest BCUT2D eigenvalue weighted by atomic mass is 32.2. The molecule has 4 rings (SSSR count). The van der Waals surface area contributed by atoms with Crippen LogP contribution in [0.4, 0.5) is 28.4 Å². The molecule has 0 spiro atoms. The first-order chi connectivity index (χ1) is 22.7. The molecule has 0 heterocycles. The van der Waals surface area contributed by atoms with E-state index in [0.717, 1.165) is 11.5 Å². The van der Waals surface area contributed by atoms with Crippen molar-refractivity contribution >= 4 is 77.4 Å². The number of aromatic hydroxyl groups is 2. The first-order valence-electron chi connectivity index (χ1n) is 14.1. The minimum Gasteiger partial charge on any atom is -0.506 e. The number of benzene rings is 4. The third-order valence-electron chi connectivity index (χ3n) is 7.08. The van der Waals surface area contributed by atoms with Gasteiger partial charge >= 0.3 is 0 Å². The van der Waals surface area contributed by atoms with Gasteiger partial charge in [0.2, 0.25) is 0 Å². The Kier molecular flexibility index (Phi) is 11.2. The van der Waals surface area contributed by atoms with E-state index in [2.05, 4.69) is 45.0 Å². The zero-order valence-corrected chi connectivity index (χ0v) is 28.3. The molecule has 0 atom stereocenters. The van der Waals surface area contributed by atoms with Gasteiger partial charge in [-0.25, -0.2) is 16.8 Å². The molecular formula is C31H32N6O8S3. The number of thiol groups is 1. The SMILES string of the molecule is C=CS(=O)(=O)CCN(C)C(=O)c1cccc(/N=N/c2c(NC)ccc3c(O)c(/N=N/c4ccc(S(=O)(=O)CCO)cc4O)c(S)cc23)c1. The topological polar surface area (TPSA) is 211 Å². The smallest absolute Gasteiger partial charge is 0.253 e. The van der Waals surface area contributed by atoms with Crippen LogP contribution < -0.4 is 5.32 Å². The highest BCUT2D eigenvalue weighted by Crippen LogP contribution is 2.46. The van der Waals surface area contributed by atoms with E-state index >= 15 is 0 Å². The molecule has 17 heteroatoms. The fourth-order valence-corrected chi connectivity index (χ4v) is 6.44. The number of aliphatic hydroxyl groups is 1. The number of anilines is 1. The summed E-state index contributed by atoms with van der Waals surface area (Å²) in [5.41, 5.74) is 1.41. The van der Waals surface area contributed by atoms with Gasteiger partial charge in [0, 0.05) is 53.3 Å². The number of phenols is 2. The Balaban J connectivity index is 1.66. The van der Waals surface area contributed by atoms with E-state index in [0.29, 0.717) is 27.8 Å². The molecular weight excluding hydrogens is 681 g/mol. The Labute approximate surface area is 282 Å². The predicted molar refractivity (Wildman–Crippen MR) is 185 cm³/mol. The van der Waals surface area contributed by atoms with Gasteiger partial charge in [-0.2, -0.15) is 5.11 Å². The normalized spacial score (nSPS) is 12.2. The molecule has 0 saturated heterocycles. The summed E-state index contributed by atoms with van der Waals surface area (Å²) in [5.74, 6) is -1.94. The quantitative estimate of drug-likeness (QED) is 0.0835. The molecule has 0 saturated carbocycles. The molecule has 0 fully saturated rings. The van der Waals surface area contributed by atoms with Gasteiger partial charge in [-0.15, -0.1) is 28.0 Å². The molecule has 4 N–H and O–H groups in total. The Bertz CT molecular complexity index is 2170. The summed E-state index contributed by atoms with van der Waals surface area (Å²) in [6.07, 6.45) is 0. The van der Waals surface area contributed by atoms with Crippen LogP contribution in [0.2, 0.25) is 0 Å². The minimum atomic E-state index is -3.80. The van der Waals surface area contributed by atoms with Gasteiger partial charge in [0.1, 0.15) is 22.8 Å². The molecule has 0 aliphatic heterocycles. The Hall–Kier alpha value is -4.84. The van der Waals surface area contributed by atoms with Gasteiger partial charge in [0.05, 0.1) is 34.4 Å². The van der Waals surface area contributed by atoms with Crippen LogP contribution in [0.25, 0.3) is 10.8 Å². The number of sulfone groups is 2. The van der Waals surface area contributed by atoms with Crippen LogP contribution in [0.5, 0.6) is 11.5 Å². The number of aliphatic hydroxyl groups excluding tert-OH is 1. The predicted octanol–water partition coefficient (Wildman–Crippen LogP) is 5.81. The van der Waals surface area contributed by atoms with E-state index in [1.54, 1.807) is 43.4 Å². The molecule has 0 bridgehead atoms. The van der Waals surface area contributed by atoms with Crippen molar-refractivity contribution in [2.75, 3.05) is 44.1 Å². The summed E-state index contributed by atoms with van der Waals surface area (Å²) in [6, 6.07) is 14.7.